The molecule has 0 unspecified atom stereocenters. The predicted octanol–water partition coefficient (Wildman–Crippen LogP) is 3.13. The molecule has 0 aliphatic rings. The van der Waals surface area contributed by atoms with Crippen molar-refractivity contribution in [2.75, 3.05) is 0 Å². The van der Waals surface area contributed by atoms with Crippen molar-refractivity contribution in [3.63, 3.8) is 0 Å². The fourth-order valence-electron chi connectivity index (χ4n) is 1.13. The molecular formula is C10H11FN2S. The van der Waals surface area contributed by atoms with E-state index in [4.69, 9.17) is 0 Å². The van der Waals surface area contributed by atoms with Crippen molar-refractivity contribution >= 4 is 21.6 Å². The van der Waals surface area contributed by atoms with Gasteiger partial charge in [0, 0.05) is 17.7 Å². The van der Waals surface area contributed by atoms with Crippen LogP contribution in [0, 0.1) is 5.95 Å². The normalized spacial score (nSPS) is 12.3. The third kappa shape index (κ3) is 1.62. The lowest BCUT2D eigenvalue weighted by Gasteiger charge is -2.13. The largest absolute Gasteiger partial charge is 0.240 e. The van der Waals surface area contributed by atoms with Gasteiger partial charge in [-0.15, -0.1) is 11.3 Å². The van der Waals surface area contributed by atoms with Crippen LogP contribution in [0.1, 0.15) is 25.8 Å². The molecule has 74 valence electrons. The van der Waals surface area contributed by atoms with Crippen LogP contribution >= 0.6 is 11.3 Å². The van der Waals surface area contributed by atoms with Crippen molar-refractivity contribution in [1.29, 1.82) is 0 Å². The van der Waals surface area contributed by atoms with Crippen LogP contribution in [-0.4, -0.2) is 9.97 Å². The van der Waals surface area contributed by atoms with Crippen LogP contribution in [0.5, 0.6) is 0 Å². The SMILES string of the molecule is CC(C)(C)c1nc2cc(F)ncc2s1. The predicted molar refractivity (Wildman–Crippen MR) is 56.1 cm³/mol. The molecule has 14 heavy (non-hydrogen) atoms. The van der Waals surface area contributed by atoms with Crippen LogP contribution in [-0.2, 0) is 5.41 Å². The average Bonchev–Trinajstić information content (AvgIpc) is 2.45. The van der Waals surface area contributed by atoms with E-state index in [1.54, 1.807) is 11.3 Å². The Morgan fingerprint density at radius 1 is 1.36 bits per heavy atom. The van der Waals surface area contributed by atoms with Gasteiger partial charge in [-0.2, -0.15) is 4.39 Å². The summed E-state index contributed by atoms with van der Waals surface area (Å²) >= 11 is 1.57. The van der Waals surface area contributed by atoms with E-state index in [0.717, 1.165) is 9.71 Å². The van der Waals surface area contributed by atoms with Gasteiger partial charge in [0.1, 0.15) is 0 Å². The summed E-state index contributed by atoms with van der Waals surface area (Å²) in [5, 5.41) is 1.01. The minimum absolute atomic E-state index is 0.0141. The summed E-state index contributed by atoms with van der Waals surface area (Å²) in [6, 6.07) is 1.38. The Balaban J connectivity index is 2.63. The van der Waals surface area contributed by atoms with E-state index in [-0.39, 0.29) is 5.41 Å². The number of hydrogen-bond acceptors (Lipinski definition) is 3. The quantitative estimate of drug-likeness (QED) is 0.624. The van der Waals surface area contributed by atoms with Gasteiger partial charge in [0.05, 0.1) is 15.2 Å². The van der Waals surface area contributed by atoms with E-state index < -0.39 is 5.95 Å². The Kier molecular flexibility index (Phi) is 2.03. The Hall–Kier alpha value is -1.03. The molecule has 0 aliphatic carbocycles. The third-order valence-corrected chi connectivity index (χ3v) is 3.32. The molecule has 0 aromatic carbocycles. The number of rotatable bonds is 0. The number of hydrogen-bond donors (Lipinski definition) is 0. The monoisotopic (exact) mass is 210 g/mol. The van der Waals surface area contributed by atoms with Gasteiger partial charge in [-0.25, -0.2) is 9.97 Å². The standard InChI is InChI=1S/C10H11FN2S/c1-10(2,3)9-13-6-4-8(11)12-5-7(6)14-9/h4-5H,1-3H3. The maximum absolute atomic E-state index is 12.8. The van der Waals surface area contributed by atoms with Crippen molar-refractivity contribution in [2.24, 2.45) is 0 Å². The Morgan fingerprint density at radius 3 is 2.71 bits per heavy atom. The van der Waals surface area contributed by atoms with Crippen molar-refractivity contribution < 1.29 is 4.39 Å². The summed E-state index contributed by atoms with van der Waals surface area (Å²) in [6.07, 6.45) is 1.54. The second kappa shape index (κ2) is 2.98. The molecule has 0 fully saturated rings. The highest BCUT2D eigenvalue weighted by atomic mass is 32.1. The first-order valence-electron chi connectivity index (χ1n) is 4.39. The summed E-state index contributed by atoms with van der Waals surface area (Å²) in [4.78, 5) is 7.99. The maximum atomic E-state index is 12.8. The molecule has 0 atom stereocenters. The van der Waals surface area contributed by atoms with Gasteiger partial charge in [-0.1, -0.05) is 20.8 Å². The van der Waals surface area contributed by atoms with Crippen LogP contribution < -0.4 is 0 Å². The minimum Gasteiger partial charge on any atom is -0.240 e. The fraction of sp³-hybridized carbons (Fsp3) is 0.400. The van der Waals surface area contributed by atoms with E-state index in [1.165, 1.54) is 12.3 Å². The molecule has 0 radical (unpaired) electrons. The molecule has 0 aliphatic heterocycles. The lowest BCUT2D eigenvalue weighted by atomic mass is 9.98. The van der Waals surface area contributed by atoms with E-state index in [1.807, 2.05) is 0 Å². The van der Waals surface area contributed by atoms with E-state index in [0.29, 0.717) is 5.52 Å². The van der Waals surface area contributed by atoms with Crippen molar-refractivity contribution in [2.45, 2.75) is 26.2 Å². The molecule has 0 saturated carbocycles. The summed E-state index contributed by atoms with van der Waals surface area (Å²) in [5.41, 5.74) is 0.715. The van der Waals surface area contributed by atoms with E-state index in [9.17, 15) is 4.39 Å². The number of thiazole rings is 1. The molecule has 2 heterocycles. The van der Waals surface area contributed by atoms with Gasteiger partial charge < -0.3 is 0 Å². The highest BCUT2D eigenvalue weighted by Gasteiger charge is 2.18. The lowest BCUT2D eigenvalue weighted by molar-refractivity contribution is 0.582. The van der Waals surface area contributed by atoms with Gasteiger partial charge >= 0.3 is 0 Å². The Morgan fingerprint density at radius 2 is 2.07 bits per heavy atom. The highest BCUT2D eigenvalue weighted by molar-refractivity contribution is 7.18. The van der Waals surface area contributed by atoms with Gasteiger partial charge in [-0.05, 0) is 0 Å². The summed E-state index contributed by atoms with van der Waals surface area (Å²) in [7, 11) is 0. The number of nitrogens with zero attached hydrogens (tertiary/aromatic N) is 2. The maximum Gasteiger partial charge on any atom is 0.215 e. The number of fused-ring (bicyclic) bond motifs is 1. The van der Waals surface area contributed by atoms with Crippen molar-refractivity contribution in [3.8, 4) is 0 Å². The molecule has 2 aromatic heterocycles. The van der Waals surface area contributed by atoms with E-state index in [2.05, 4.69) is 30.7 Å². The summed E-state index contributed by atoms with van der Waals surface area (Å²) in [5.74, 6) is -0.469. The molecule has 0 saturated heterocycles. The van der Waals surface area contributed by atoms with Gasteiger partial charge in [0.2, 0.25) is 5.95 Å². The third-order valence-electron chi connectivity index (χ3n) is 1.88. The Labute approximate surface area is 85.8 Å². The Bertz CT molecular complexity index is 470. The van der Waals surface area contributed by atoms with Crippen molar-refractivity contribution in [1.82, 2.24) is 9.97 Å². The zero-order valence-corrected chi connectivity index (χ0v) is 9.15. The summed E-state index contributed by atoms with van der Waals surface area (Å²) in [6.45, 7) is 6.28. The van der Waals surface area contributed by atoms with Crippen molar-refractivity contribution in [3.05, 3.63) is 23.2 Å². The minimum atomic E-state index is -0.469. The zero-order valence-electron chi connectivity index (χ0n) is 8.34. The van der Waals surface area contributed by atoms with Gasteiger partial charge in [0.15, 0.2) is 0 Å². The lowest BCUT2D eigenvalue weighted by Crippen LogP contribution is -2.09. The molecule has 0 amide bonds. The molecule has 2 nitrogen and oxygen atoms in total. The van der Waals surface area contributed by atoms with Crippen LogP contribution in [0.15, 0.2) is 12.3 Å². The molecule has 0 bridgehead atoms. The second-order valence-corrected chi connectivity index (χ2v) is 5.27. The van der Waals surface area contributed by atoms with Crippen LogP contribution in [0.4, 0.5) is 4.39 Å². The molecular weight excluding hydrogens is 199 g/mol. The average molecular weight is 210 g/mol. The fourth-order valence-corrected chi connectivity index (χ4v) is 2.10. The van der Waals surface area contributed by atoms with Crippen LogP contribution in [0.3, 0.4) is 0 Å². The molecule has 2 rings (SSSR count). The first kappa shape index (κ1) is 9.52. The summed E-state index contributed by atoms with van der Waals surface area (Å²) < 4.78 is 13.7. The van der Waals surface area contributed by atoms with Crippen LogP contribution in [0.25, 0.3) is 10.2 Å². The van der Waals surface area contributed by atoms with Gasteiger partial charge in [-0.3, -0.25) is 0 Å². The molecule has 4 heteroatoms. The highest BCUT2D eigenvalue weighted by Crippen LogP contribution is 2.30. The topological polar surface area (TPSA) is 25.8 Å². The van der Waals surface area contributed by atoms with E-state index >= 15 is 0 Å². The first-order valence-corrected chi connectivity index (χ1v) is 5.21. The molecule has 0 N–H and O–H groups in total. The molecule has 2 aromatic rings. The smallest absolute Gasteiger partial charge is 0.215 e. The molecule has 0 spiro atoms. The number of halogens is 1. The zero-order chi connectivity index (χ0) is 10.3. The second-order valence-electron chi connectivity index (χ2n) is 4.24. The number of pyridine rings is 1. The first-order chi connectivity index (χ1) is 6.47. The number of aromatic nitrogens is 2. The van der Waals surface area contributed by atoms with Crippen LogP contribution in [0.2, 0.25) is 0 Å². The van der Waals surface area contributed by atoms with Gasteiger partial charge in [0.25, 0.3) is 0 Å².